The van der Waals surface area contributed by atoms with E-state index in [0.29, 0.717) is 36.7 Å². The Hall–Kier alpha value is -3.02. The highest BCUT2D eigenvalue weighted by molar-refractivity contribution is 6.39. The van der Waals surface area contributed by atoms with Gasteiger partial charge in [-0.1, -0.05) is 18.2 Å². The number of rotatable bonds is 3. The fourth-order valence-electron chi connectivity index (χ4n) is 3.09. The van der Waals surface area contributed by atoms with Crippen LogP contribution >= 0.6 is 0 Å². The van der Waals surface area contributed by atoms with E-state index in [2.05, 4.69) is 5.32 Å². The van der Waals surface area contributed by atoms with Crippen molar-refractivity contribution >= 4 is 17.5 Å². The summed E-state index contributed by atoms with van der Waals surface area (Å²) in [6, 6.07) is 11.2. The number of anilines is 1. The molecule has 0 saturated heterocycles. The van der Waals surface area contributed by atoms with Gasteiger partial charge in [0.15, 0.2) is 11.5 Å². The molecule has 26 heavy (non-hydrogen) atoms. The number of hydrogen-bond donors (Lipinski definition) is 1. The number of hydrogen-bond acceptors (Lipinski definition) is 4. The van der Waals surface area contributed by atoms with Crippen molar-refractivity contribution in [2.45, 2.75) is 19.9 Å². The van der Waals surface area contributed by atoms with Crippen molar-refractivity contribution in [2.24, 2.45) is 0 Å². The molecule has 0 aromatic heterocycles. The third-order valence-electron chi connectivity index (χ3n) is 4.59. The van der Waals surface area contributed by atoms with E-state index in [-0.39, 0.29) is 0 Å². The van der Waals surface area contributed by atoms with Gasteiger partial charge in [-0.15, -0.1) is 0 Å². The number of para-hydroxylation sites is 1. The standard InChI is InChI=1S/C20H22N2O4/c1-13-6-4-5-7-16(13)21-19(23)20(24)22-9-8-14-10-17(25-2)18(26-3)11-15(14)12-22/h4-7,10-11H,8-9,12H2,1-3H3,(H,21,23). The Morgan fingerprint density at radius 1 is 1.04 bits per heavy atom. The summed E-state index contributed by atoms with van der Waals surface area (Å²) in [4.78, 5) is 26.5. The normalized spacial score (nSPS) is 13.0. The predicted octanol–water partition coefficient (Wildman–Crippen LogP) is 2.54. The minimum atomic E-state index is -0.622. The molecule has 1 aliphatic heterocycles. The second-order valence-electron chi connectivity index (χ2n) is 6.22. The number of methoxy groups -OCH3 is 2. The number of ether oxygens (including phenoxy) is 2. The number of nitrogens with one attached hydrogen (secondary N) is 1. The molecule has 2 amide bonds. The molecule has 2 aromatic rings. The lowest BCUT2D eigenvalue weighted by Gasteiger charge is -2.29. The third kappa shape index (κ3) is 3.49. The van der Waals surface area contributed by atoms with Crippen LogP contribution in [0.25, 0.3) is 0 Å². The quantitative estimate of drug-likeness (QED) is 0.860. The van der Waals surface area contributed by atoms with Crippen LogP contribution in [0.1, 0.15) is 16.7 Å². The van der Waals surface area contributed by atoms with Crippen LogP contribution in [0.2, 0.25) is 0 Å². The van der Waals surface area contributed by atoms with Crippen LogP contribution in [0.5, 0.6) is 11.5 Å². The van der Waals surface area contributed by atoms with Crippen LogP contribution in [-0.2, 0) is 22.6 Å². The van der Waals surface area contributed by atoms with Crippen molar-refractivity contribution in [2.75, 3.05) is 26.1 Å². The molecule has 0 bridgehead atoms. The van der Waals surface area contributed by atoms with Crippen molar-refractivity contribution in [3.05, 3.63) is 53.1 Å². The summed E-state index contributed by atoms with van der Waals surface area (Å²) in [6.07, 6.45) is 0.666. The number of benzene rings is 2. The monoisotopic (exact) mass is 354 g/mol. The maximum atomic E-state index is 12.6. The van der Waals surface area contributed by atoms with Gasteiger partial charge in [0.1, 0.15) is 0 Å². The molecule has 3 rings (SSSR count). The third-order valence-corrected chi connectivity index (χ3v) is 4.59. The fourth-order valence-corrected chi connectivity index (χ4v) is 3.09. The summed E-state index contributed by atoms with van der Waals surface area (Å²) >= 11 is 0. The number of aryl methyl sites for hydroxylation is 1. The van der Waals surface area contributed by atoms with E-state index in [1.807, 2.05) is 37.3 Å². The molecule has 0 radical (unpaired) electrons. The highest BCUT2D eigenvalue weighted by Crippen LogP contribution is 2.33. The first kappa shape index (κ1) is 17.8. The second-order valence-corrected chi connectivity index (χ2v) is 6.22. The molecular weight excluding hydrogens is 332 g/mol. The SMILES string of the molecule is COc1cc2c(cc1OC)CN(C(=O)C(=O)Nc1ccccc1C)CC2. The summed E-state index contributed by atoms with van der Waals surface area (Å²) in [5, 5.41) is 2.70. The van der Waals surface area contributed by atoms with Gasteiger partial charge in [-0.3, -0.25) is 9.59 Å². The number of carbonyl (C=O) groups is 2. The number of fused-ring (bicyclic) bond motifs is 1. The first-order chi connectivity index (χ1) is 12.5. The van der Waals surface area contributed by atoms with Crippen LogP contribution in [0.4, 0.5) is 5.69 Å². The van der Waals surface area contributed by atoms with E-state index in [0.717, 1.165) is 16.7 Å². The molecule has 1 heterocycles. The van der Waals surface area contributed by atoms with Crippen molar-refractivity contribution in [1.82, 2.24) is 4.90 Å². The Balaban J connectivity index is 1.74. The molecule has 0 aliphatic carbocycles. The molecule has 136 valence electrons. The lowest BCUT2D eigenvalue weighted by molar-refractivity contribution is -0.143. The molecule has 1 N–H and O–H groups in total. The zero-order chi connectivity index (χ0) is 18.7. The smallest absolute Gasteiger partial charge is 0.313 e. The van der Waals surface area contributed by atoms with Crippen molar-refractivity contribution in [3.8, 4) is 11.5 Å². The van der Waals surface area contributed by atoms with Gasteiger partial charge < -0.3 is 19.7 Å². The Morgan fingerprint density at radius 3 is 2.35 bits per heavy atom. The summed E-state index contributed by atoms with van der Waals surface area (Å²) < 4.78 is 10.7. The van der Waals surface area contributed by atoms with Gasteiger partial charge in [-0.25, -0.2) is 0 Å². The predicted molar refractivity (Wildman–Crippen MR) is 98.5 cm³/mol. The van der Waals surface area contributed by atoms with Gasteiger partial charge in [0.25, 0.3) is 0 Å². The Labute approximate surface area is 152 Å². The molecule has 0 atom stereocenters. The van der Waals surface area contributed by atoms with E-state index in [4.69, 9.17) is 9.47 Å². The molecule has 0 unspecified atom stereocenters. The Bertz CT molecular complexity index is 848. The van der Waals surface area contributed by atoms with Crippen LogP contribution in [0.3, 0.4) is 0 Å². The Morgan fingerprint density at radius 2 is 1.69 bits per heavy atom. The van der Waals surface area contributed by atoms with Crippen molar-refractivity contribution in [1.29, 1.82) is 0 Å². The maximum Gasteiger partial charge on any atom is 0.313 e. The highest BCUT2D eigenvalue weighted by atomic mass is 16.5. The summed E-state index contributed by atoms with van der Waals surface area (Å²) in [5.74, 6) is 0.130. The average Bonchev–Trinajstić information content (AvgIpc) is 2.67. The minimum absolute atomic E-state index is 0.371. The molecule has 0 fully saturated rings. The number of amides is 2. The van der Waals surface area contributed by atoms with Crippen LogP contribution in [0.15, 0.2) is 36.4 Å². The van der Waals surface area contributed by atoms with Gasteiger partial charge in [0.05, 0.1) is 14.2 Å². The van der Waals surface area contributed by atoms with E-state index in [1.165, 1.54) is 0 Å². The highest BCUT2D eigenvalue weighted by Gasteiger charge is 2.27. The Kier molecular flexibility index (Phi) is 5.11. The largest absolute Gasteiger partial charge is 0.493 e. The summed E-state index contributed by atoms with van der Waals surface area (Å²) in [6.45, 7) is 2.75. The number of carbonyl (C=O) groups excluding carboxylic acids is 2. The zero-order valence-electron chi connectivity index (χ0n) is 15.2. The first-order valence-electron chi connectivity index (χ1n) is 8.43. The van der Waals surface area contributed by atoms with E-state index >= 15 is 0 Å². The van der Waals surface area contributed by atoms with Gasteiger partial charge in [-0.2, -0.15) is 0 Å². The van der Waals surface area contributed by atoms with E-state index < -0.39 is 11.8 Å². The van der Waals surface area contributed by atoms with Gasteiger partial charge >= 0.3 is 11.8 Å². The average molecular weight is 354 g/mol. The molecule has 6 heteroatoms. The first-order valence-corrected chi connectivity index (χ1v) is 8.43. The molecular formula is C20H22N2O4. The summed E-state index contributed by atoms with van der Waals surface area (Å²) in [5.41, 5.74) is 3.63. The second kappa shape index (κ2) is 7.47. The molecule has 0 saturated carbocycles. The lowest BCUT2D eigenvalue weighted by atomic mass is 9.98. The maximum absolute atomic E-state index is 12.6. The van der Waals surface area contributed by atoms with Crippen LogP contribution in [-0.4, -0.2) is 37.5 Å². The molecule has 6 nitrogen and oxygen atoms in total. The van der Waals surface area contributed by atoms with Crippen molar-refractivity contribution in [3.63, 3.8) is 0 Å². The van der Waals surface area contributed by atoms with Crippen molar-refractivity contribution < 1.29 is 19.1 Å². The minimum Gasteiger partial charge on any atom is -0.493 e. The topological polar surface area (TPSA) is 67.9 Å². The van der Waals surface area contributed by atoms with Gasteiger partial charge in [0.2, 0.25) is 0 Å². The van der Waals surface area contributed by atoms with Gasteiger partial charge in [0, 0.05) is 18.8 Å². The van der Waals surface area contributed by atoms with Gasteiger partial charge in [-0.05, 0) is 48.2 Å². The lowest BCUT2D eigenvalue weighted by Crippen LogP contribution is -2.42. The fraction of sp³-hybridized carbons (Fsp3) is 0.300. The van der Waals surface area contributed by atoms with E-state index in [1.54, 1.807) is 25.2 Å². The number of nitrogens with zero attached hydrogens (tertiary/aromatic N) is 1. The molecule has 0 spiro atoms. The molecule has 2 aromatic carbocycles. The van der Waals surface area contributed by atoms with E-state index in [9.17, 15) is 9.59 Å². The molecule has 1 aliphatic rings. The van der Waals surface area contributed by atoms with Crippen LogP contribution in [0, 0.1) is 6.92 Å². The zero-order valence-corrected chi connectivity index (χ0v) is 15.2. The summed E-state index contributed by atoms with van der Waals surface area (Å²) in [7, 11) is 3.17. The van der Waals surface area contributed by atoms with Crippen LogP contribution < -0.4 is 14.8 Å².